The molecule has 0 saturated heterocycles. The molecule has 1 aromatic rings. The van der Waals surface area contributed by atoms with Crippen LogP contribution in [0.15, 0.2) is 24.3 Å². The minimum atomic E-state index is -1.05. The van der Waals surface area contributed by atoms with Gasteiger partial charge >= 0.3 is 5.97 Å². The maximum absolute atomic E-state index is 11.9. The molecule has 0 radical (unpaired) electrons. The van der Waals surface area contributed by atoms with Crippen LogP contribution in [-0.2, 0) is 9.59 Å². The van der Waals surface area contributed by atoms with Gasteiger partial charge < -0.3 is 19.5 Å². The van der Waals surface area contributed by atoms with Crippen molar-refractivity contribution in [1.29, 1.82) is 0 Å². The zero-order valence-electron chi connectivity index (χ0n) is 13.2. The lowest BCUT2D eigenvalue weighted by Gasteiger charge is -2.19. The van der Waals surface area contributed by atoms with Gasteiger partial charge in [0, 0.05) is 13.1 Å². The SMILES string of the molecule is CCOc1ccc(C=CC(=O)N(C)[C@@H](C)C(=O)O)cc1OC. The fraction of sp³-hybridized carbons (Fsp3) is 0.375. The topological polar surface area (TPSA) is 76.1 Å². The molecule has 0 bridgehead atoms. The van der Waals surface area contributed by atoms with Crippen LogP contribution in [0, 0.1) is 0 Å². The molecule has 0 aliphatic rings. The van der Waals surface area contributed by atoms with Gasteiger partial charge in [-0.1, -0.05) is 6.07 Å². The molecular formula is C16H21NO5. The summed E-state index contributed by atoms with van der Waals surface area (Å²) in [6, 6.07) is 4.41. The predicted octanol–water partition coefficient (Wildman–Crippen LogP) is 2.04. The monoisotopic (exact) mass is 307 g/mol. The summed E-state index contributed by atoms with van der Waals surface area (Å²) in [6.45, 7) is 3.86. The van der Waals surface area contributed by atoms with Gasteiger partial charge in [0.05, 0.1) is 13.7 Å². The van der Waals surface area contributed by atoms with Crippen molar-refractivity contribution in [2.24, 2.45) is 0 Å². The third-order valence-corrected chi connectivity index (χ3v) is 3.19. The van der Waals surface area contributed by atoms with Crippen LogP contribution < -0.4 is 9.47 Å². The number of hydrogen-bond acceptors (Lipinski definition) is 4. The summed E-state index contributed by atoms with van der Waals surface area (Å²) in [5, 5.41) is 8.89. The summed E-state index contributed by atoms with van der Waals surface area (Å²) in [6.07, 6.45) is 2.93. The molecule has 0 spiro atoms. The molecule has 120 valence electrons. The Hall–Kier alpha value is -2.50. The van der Waals surface area contributed by atoms with Crippen molar-refractivity contribution in [1.82, 2.24) is 4.90 Å². The molecule has 6 nitrogen and oxygen atoms in total. The highest BCUT2D eigenvalue weighted by Crippen LogP contribution is 2.28. The number of methoxy groups -OCH3 is 1. The maximum Gasteiger partial charge on any atom is 0.326 e. The van der Waals surface area contributed by atoms with Crippen molar-refractivity contribution in [2.75, 3.05) is 20.8 Å². The van der Waals surface area contributed by atoms with Gasteiger partial charge in [0.2, 0.25) is 5.91 Å². The highest BCUT2D eigenvalue weighted by molar-refractivity contribution is 5.94. The highest BCUT2D eigenvalue weighted by atomic mass is 16.5. The van der Waals surface area contributed by atoms with E-state index in [0.29, 0.717) is 18.1 Å². The number of likely N-dealkylation sites (N-methyl/N-ethyl adjacent to an activating group) is 1. The first kappa shape index (κ1) is 17.6. The van der Waals surface area contributed by atoms with Crippen molar-refractivity contribution in [3.8, 4) is 11.5 Å². The van der Waals surface area contributed by atoms with Gasteiger partial charge in [-0.2, -0.15) is 0 Å². The van der Waals surface area contributed by atoms with Gasteiger partial charge in [-0.3, -0.25) is 4.79 Å². The molecule has 0 unspecified atom stereocenters. The Morgan fingerprint density at radius 3 is 2.59 bits per heavy atom. The lowest BCUT2D eigenvalue weighted by molar-refractivity contribution is -0.146. The second kappa shape index (κ2) is 8.07. The smallest absolute Gasteiger partial charge is 0.326 e. The Labute approximate surface area is 129 Å². The second-order valence-corrected chi connectivity index (χ2v) is 4.64. The number of carboxylic acid groups (broad SMARTS) is 1. The van der Waals surface area contributed by atoms with Crippen molar-refractivity contribution >= 4 is 18.0 Å². The number of nitrogens with zero attached hydrogens (tertiary/aromatic N) is 1. The van der Waals surface area contributed by atoms with E-state index in [9.17, 15) is 9.59 Å². The van der Waals surface area contributed by atoms with Gasteiger partial charge in [0.15, 0.2) is 11.5 Å². The van der Waals surface area contributed by atoms with Gasteiger partial charge in [-0.25, -0.2) is 4.79 Å². The van der Waals surface area contributed by atoms with Crippen molar-refractivity contribution < 1.29 is 24.2 Å². The number of amides is 1. The first-order valence-corrected chi connectivity index (χ1v) is 6.89. The largest absolute Gasteiger partial charge is 0.493 e. The minimum absolute atomic E-state index is 0.386. The van der Waals surface area contributed by atoms with E-state index < -0.39 is 12.0 Å². The maximum atomic E-state index is 11.9. The van der Waals surface area contributed by atoms with Gasteiger partial charge in [-0.15, -0.1) is 0 Å². The van der Waals surface area contributed by atoms with E-state index in [1.165, 1.54) is 20.0 Å². The van der Waals surface area contributed by atoms with Crippen LogP contribution in [0.25, 0.3) is 6.08 Å². The molecule has 0 aromatic heterocycles. The number of benzene rings is 1. The van der Waals surface area contributed by atoms with E-state index in [1.807, 2.05) is 6.92 Å². The predicted molar refractivity (Wildman–Crippen MR) is 83.1 cm³/mol. The van der Waals surface area contributed by atoms with Crippen LogP contribution in [-0.4, -0.2) is 48.7 Å². The Morgan fingerprint density at radius 2 is 2.05 bits per heavy atom. The van der Waals surface area contributed by atoms with Crippen LogP contribution in [0.1, 0.15) is 19.4 Å². The number of carbonyl (C=O) groups is 2. The Kier molecular flexibility index (Phi) is 6.44. The summed E-state index contributed by atoms with van der Waals surface area (Å²) in [5.74, 6) is -0.233. The first-order chi connectivity index (χ1) is 10.4. The minimum Gasteiger partial charge on any atom is -0.493 e. The molecule has 22 heavy (non-hydrogen) atoms. The Bertz CT molecular complexity index is 568. The van der Waals surface area contributed by atoms with E-state index in [2.05, 4.69) is 0 Å². The van der Waals surface area contributed by atoms with E-state index in [1.54, 1.807) is 31.4 Å². The zero-order chi connectivity index (χ0) is 16.7. The van der Waals surface area contributed by atoms with E-state index >= 15 is 0 Å². The molecule has 1 atom stereocenters. The lowest BCUT2D eigenvalue weighted by atomic mass is 10.2. The zero-order valence-corrected chi connectivity index (χ0v) is 13.2. The van der Waals surface area contributed by atoms with E-state index in [4.69, 9.17) is 14.6 Å². The van der Waals surface area contributed by atoms with Crippen LogP contribution in [0.4, 0.5) is 0 Å². The number of hydrogen-bond donors (Lipinski definition) is 1. The van der Waals surface area contributed by atoms with E-state index in [-0.39, 0.29) is 5.91 Å². The molecule has 1 amide bonds. The van der Waals surface area contributed by atoms with Crippen LogP contribution in [0.5, 0.6) is 11.5 Å². The second-order valence-electron chi connectivity index (χ2n) is 4.64. The molecule has 0 fully saturated rings. The molecule has 0 heterocycles. The lowest BCUT2D eigenvalue weighted by Crippen LogP contribution is -2.39. The summed E-state index contributed by atoms with van der Waals surface area (Å²) in [7, 11) is 2.99. The van der Waals surface area contributed by atoms with Crippen LogP contribution in [0.3, 0.4) is 0 Å². The molecule has 0 aliphatic carbocycles. The molecule has 0 saturated carbocycles. The average Bonchev–Trinajstić information content (AvgIpc) is 2.52. The normalized spacial score (nSPS) is 12.0. The highest BCUT2D eigenvalue weighted by Gasteiger charge is 2.19. The fourth-order valence-corrected chi connectivity index (χ4v) is 1.70. The van der Waals surface area contributed by atoms with Crippen LogP contribution >= 0.6 is 0 Å². The van der Waals surface area contributed by atoms with Crippen molar-refractivity contribution in [3.63, 3.8) is 0 Å². The number of carbonyl (C=O) groups excluding carboxylic acids is 1. The Balaban J connectivity index is 2.85. The van der Waals surface area contributed by atoms with Crippen LogP contribution in [0.2, 0.25) is 0 Å². The summed E-state index contributed by atoms with van der Waals surface area (Å²) >= 11 is 0. The van der Waals surface area contributed by atoms with Gasteiger partial charge in [0.1, 0.15) is 6.04 Å². The quantitative estimate of drug-likeness (QED) is 0.780. The summed E-state index contributed by atoms with van der Waals surface area (Å²) < 4.78 is 10.6. The third-order valence-electron chi connectivity index (χ3n) is 3.19. The molecule has 1 rings (SSSR count). The Morgan fingerprint density at radius 1 is 1.36 bits per heavy atom. The number of carboxylic acids is 1. The average molecular weight is 307 g/mol. The fourth-order valence-electron chi connectivity index (χ4n) is 1.70. The van der Waals surface area contributed by atoms with Gasteiger partial charge in [0.25, 0.3) is 0 Å². The van der Waals surface area contributed by atoms with Crippen molar-refractivity contribution in [3.05, 3.63) is 29.8 Å². The molecule has 1 N–H and O–H groups in total. The molecular weight excluding hydrogens is 286 g/mol. The first-order valence-electron chi connectivity index (χ1n) is 6.89. The number of aliphatic carboxylic acids is 1. The summed E-state index contributed by atoms with van der Waals surface area (Å²) in [4.78, 5) is 23.9. The molecule has 1 aromatic carbocycles. The van der Waals surface area contributed by atoms with Gasteiger partial charge in [-0.05, 0) is 37.6 Å². The number of ether oxygens (including phenoxy) is 2. The van der Waals surface area contributed by atoms with Crippen molar-refractivity contribution in [2.45, 2.75) is 19.9 Å². The summed E-state index contributed by atoms with van der Waals surface area (Å²) in [5.41, 5.74) is 0.755. The third kappa shape index (κ3) is 4.51. The molecule has 0 aliphatic heterocycles. The van der Waals surface area contributed by atoms with E-state index in [0.717, 1.165) is 10.5 Å². The number of rotatable bonds is 7. The molecule has 6 heteroatoms. The standard InChI is InChI=1S/C16H21NO5/c1-5-22-13-8-6-12(10-14(13)21-4)7-9-15(18)17(3)11(2)16(19)20/h6-11H,5H2,1-4H3,(H,19,20)/t11-/m0/s1.